The summed E-state index contributed by atoms with van der Waals surface area (Å²) in [6.45, 7) is 1.72. The van der Waals surface area contributed by atoms with E-state index >= 15 is 0 Å². The Bertz CT molecular complexity index is 587. The molecule has 0 saturated carbocycles. The van der Waals surface area contributed by atoms with Gasteiger partial charge in [-0.15, -0.1) is 0 Å². The largest absolute Gasteiger partial charge is 0.478 e. The fraction of sp³-hybridized carbons (Fsp3) is 0.0833. The molecular weight excluding hydrogens is 220 g/mol. The molecule has 86 valence electrons. The minimum Gasteiger partial charge on any atom is -0.478 e. The van der Waals surface area contributed by atoms with Crippen molar-refractivity contribution in [3.8, 4) is 5.69 Å². The Balaban J connectivity index is 2.62. The summed E-state index contributed by atoms with van der Waals surface area (Å²) >= 11 is 0. The lowest BCUT2D eigenvalue weighted by molar-refractivity contribution is 0.0696. The average molecular weight is 230 g/mol. The predicted octanol–water partition coefficient (Wildman–Crippen LogP) is 1.69. The van der Waals surface area contributed by atoms with Gasteiger partial charge in [0.1, 0.15) is 0 Å². The first-order chi connectivity index (χ1) is 8.13. The van der Waals surface area contributed by atoms with E-state index in [4.69, 9.17) is 5.11 Å². The van der Waals surface area contributed by atoms with E-state index in [2.05, 4.69) is 5.10 Å². The third-order valence-corrected chi connectivity index (χ3v) is 2.45. The molecule has 0 aliphatic rings. The van der Waals surface area contributed by atoms with Crippen LogP contribution < -0.4 is 0 Å². The zero-order valence-corrected chi connectivity index (χ0v) is 9.12. The van der Waals surface area contributed by atoms with Crippen molar-refractivity contribution in [2.45, 2.75) is 6.92 Å². The average Bonchev–Trinajstić information content (AvgIpc) is 2.76. The molecule has 5 nitrogen and oxygen atoms in total. The van der Waals surface area contributed by atoms with Crippen molar-refractivity contribution in [1.29, 1.82) is 0 Å². The van der Waals surface area contributed by atoms with Gasteiger partial charge in [-0.25, -0.2) is 9.48 Å². The van der Waals surface area contributed by atoms with Gasteiger partial charge < -0.3 is 5.11 Å². The Kier molecular flexibility index (Phi) is 2.74. The van der Waals surface area contributed by atoms with Crippen LogP contribution in [0.3, 0.4) is 0 Å². The van der Waals surface area contributed by atoms with Gasteiger partial charge in [0.15, 0.2) is 6.29 Å². The summed E-state index contributed by atoms with van der Waals surface area (Å²) < 4.78 is 1.39. The topological polar surface area (TPSA) is 72.2 Å². The Labute approximate surface area is 97.3 Å². The van der Waals surface area contributed by atoms with Gasteiger partial charge in [-0.05, 0) is 18.6 Å². The summed E-state index contributed by atoms with van der Waals surface area (Å²) in [5.41, 5.74) is 1.69. The van der Waals surface area contributed by atoms with Crippen molar-refractivity contribution in [1.82, 2.24) is 9.78 Å². The van der Waals surface area contributed by atoms with Crippen LogP contribution >= 0.6 is 0 Å². The second kappa shape index (κ2) is 4.21. The number of carboxylic acids is 1. The lowest BCUT2D eigenvalue weighted by Crippen LogP contribution is -2.07. The van der Waals surface area contributed by atoms with E-state index in [-0.39, 0.29) is 5.56 Å². The molecule has 0 bridgehead atoms. The van der Waals surface area contributed by atoms with E-state index in [1.165, 1.54) is 17.1 Å². The van der Waals surface area contributed by atoms with Gasteiger partial charge in [-0.3, -0.25) is 4.79 Å². The second-order valence-corrected chi connectivity index (χ2v) is 3.61. The van der Waals surface area contributed by atoms with E-state index in [9.17, 15) is 9.59 Å². The number of rotatable bonds is 3. The van der Waals surface area contributed by atoms with Gasteiger partial charge in [0.2, 0.25) is 0 Å². The maximum Gasteiger partial charge on any atom is 0.338 e. The molecule has 2 rings (SSSR count). The molecule has 1 heterocycles. The fourth-order valence-corrected chi connectivity index (χ4v) is 1.65. The van der Waals surface area contributed by atoms with Crippen LogP contribution in [0.2, 0.25) is 0 Å². The molecule has 0 radical (unpaired) electrons. The van der Waals surface area contributed by atoms with Crippen LogP contribution in [-0.4, -0.2) is 27.1 Å². The molecular formula is C12H10N2O3. The van der Waals surface area contributed by atoms with Crippen molar-refractivity contribution in [2.75, 3.05) is 0 Å². The number of nitrogens with zero attached hydrogens (tertiary/aromatic N) is 2. The zero-order valence-electron chi connectivity index (χ0n) is 9.12. The third kappa shape index (κ3) is 1.94. The first-order valence-electron chi connectivity index (χ1n) is 4.96. The molecule has 0 aliphatic carbocycles. The van der Waals surface area contributed by atoms with Gasteiger partial charge in [0.05, 0.1) is 23.0 Å². The predicted molar refractivity (Wildman–Crippen MR) is 60.6 cm³/mol. The third-order valence-electron chi connectivity index (χ3n) is 2.45. The minimum absolute atomic E-state index is 0.188. The van der Waals surface area contributed by atoms with E-state index in [1.807, 2.05) is 0 Å². The first kappa shape index (κ1) is 11.1. The van der Waals surface area contributed by atoms with Crippen LogP contribution in [0.1, 0.15) is 26.3 Å². The highest BCUT2D eigenvalue weighted by molar-refractivity contribution is 5.93. The number of benzene rings is 1. The highest BCUT2D eigenvalue weighted by Gasteiger charge is 2.14. The molecule has 0 saturated heterocycles. The monoisotopic (exact) mass is 230 g/mol. The molecule has 5 heteroatoms. The Morgan fingerprint density at radius 1 is 1.47 bits per heavy atom. The highest BCUT2D eigenvalue weighted by atomic mass is 16.4. The van der Waals surface area contributed by atoms with Gasteiger partial charge in [-0.1, -0.05) is 12.1 Å². The standard InChI is InChI=1S/C12H10N2O3/c1-8-3-2-4-10(11(8)12(16)17)14-6-9(7-15)5-13-14/h2-7H,1H3,(H,16,17). The van der Waals surface area contributed by atoms with Crippen molar-refractivity contribution < 1.29 is 14.7 Å². The molecule has 1 aromatic heterocycles. The SMILES string of the molecule is Cc1cccc(-n2cc(C=O)cn2)c1C(=O)O. The molecule has 17 heavy (non-hydrogen) atoms. The number of aryl methyl sites for hydroxylation is 1. The molecule has 0 spiro atoms. The van der Waals surface area contributed by atoms with Crippen LogP contribution in [0.15, 0.2) is 30.6 Å². The fourth-order valence-electron chi connectivity index (χ4n) is 1.65. The number of aromatic carboxylic acids is 1. The minimum atomic E-state index is -1.01. The van der Waals surface area contributed by atoms with E-state index in [1.54, 1.807) is 25.1 Å². The Morgan fingerprint density at radius 2 is 2.24 bits per heavy atom. The molecule has 0 aliphatic heterocycles. The van der Waals surface area contributed by atoms with Crippen molar-refractivity contribution in [3.05, 3.63) is 47.3 Å². The smallest absolute Gasteiger partial charge is 0.338 e. The normalized spacial score (nSPS) is 10.2. The lowest BCUT2D eigenvalue weighted by atomic mass is 10.1. The maximum atomic E-state index is 11.2. The van der Waals surface area contributed by atoms with Crippen molar-refractivity contribution in [2.24, 2.45) is 0 Å². The second-order valence-electron chi connectivity index (χ2n) is 3.61. The molecule has 0 amide bonds. The van der Waals surface area contributed by atoms with Crippen LogP contribution in [0.5, 0.6) is 0 Å². The van der Waals surface area contributed by atoms with E-state index in [0.717, 1.165) is 0 Å². The van der Waals surface area contributed by atoms with E-state index < -0.39 is 5.97 Å². The molecule has 0 unspecified atom stereocenters. The summed E-state index contributed by atoms with van der Waals surface area (Å²) in [5, 5.41) is 13.1. The molecule has 0 fully saturated rings. The van der Waals surface area contributed by atoms with Crippen LogP contribution in [0.25, 0.3) is 5.69 Å². The Hall–Kier alpha value is -2.43. The van der Waals surface area contributed by atoms with E-state index in [0.29, 0.717) is 23.1 Å². The Morgan fingerprint density at radius 3 is 2.82 bits per heavy atom. The number of hydrogen-bond acceptors (Lipinski definition) is 3. The van der Waals surface area contributed by atoms with Crippen molar-refractivity contribution in [3.63, 3.8) is 0 Å². The first-order valence-corrected chi connectivity index (χ1v) is 4.96. The molecule has 1 aromatic carbocycles. The highest BCUT2D eigenvalue weighted by Crippen LogP contribution is 2.18. The van der Waals surface area contributed by atoms with Crippen LogP contribution in [0.4, 0.5) is 0 Å². The summed E-state index contributed by atoms with van der Waals surface area (Å²) in [4.78, 5) is 21.7. The summed E-state index contributed by atoms with van der Waals surface area (Å²) in [6, 6.07) is 5.12. The van der Waals surface area contributed by atoms with Gasteiger partial charge in [0, 0.05) is 6.20 Å². The number of aldehydes is 1. The molecule has 2 aromatic rings. The number of carboxylic acid groups (broad SMARTS) is 1. The molecule has 0 atom stereocenters. The quantitative estimate of drug-likeness (QED) is 0.814. The zero-order chi connectivity index (χ0) is 12.4. The van der Waals surface area contributed by atoms with Gasteiger partial charge in [-0.2, -0.15) is 5.10 Å². The lowest BCUT2D eigenvalue weighted by Gasteiger charge is -2.08. The number of carbonyl (C=O) groups excluding carboxylic acids is 1. The summed E-state index contributed by atoms with van der Waals surface area (Å²) in [6.07, 6.45) is 3.55. The van der Waals surface area contributed by atoms with Gasteiger partial charge >= 0.3 is 5.97 Å². The molecule has 1 N–H and O–H groups in total. The maximum absolute atomic E-state index is 11.2. The van der Waals surface area contributed by atoms with Crippen molar-refractivity contribution >= 4 is 12.3 Å². The summed E-state index contributed by atoms with van der Waals surface area (Å²) in [7, 11) is 0. The number of hydrogen-bond donors (Lipinski definition) is 1. The van der Waals surface area contributed by atoms with Crippen LogP contribution in [-0.2, 0) is 0 Å². The van der Waals surface area contributed by atoms with Gasteiger partial charge in [0.25, 0.3) is 0 Å². The number of aromatic nitrogens is 2. The van der Waals surface area contributed by atoms with Crippen LogP contribution in [0, 0.1) is 6.92 Å². The summed E-state index contributed by atoms with van der Waals surface area (Å²) in [5.74, 6) is -1.01. The number of carbonyl (C=O) groups is 2.